The zero-order valence-corrected chi connectivity index (χ0v) is 13.8. The summed E-state index contributed by atoms with van der Waals surface area (Å²) in [6, 6.07) is -0.322. The van der Waals surface area contributed by atoms with Crippen molar-refractivity contribution in [2.45, 2.75) is 64.0 Å². The summed E-state index contributed by atoms with van der Waals surface area (Å²) in [6.07, 6.45) is 7.61. The number of carbonyl (C=O) groups excluding carboxylic acids is 1. The van der Waals surface area contributed by atoms with E-state index in [0.717, 1.165) is 37.0 Å². The quantitative estimate of drug-likeness (QED) is 0.699. The average Bonchev–Trinajstić information content (AvgIpc) is 2.32. The first-order chi connectivity index (χ1) is 9.87. The van der Waals surface area contributed by atoms with Gasteiger partial charge in [-0.3, -0.25) is 0 Å². The molecule has 0 heterocycles. The molecule has 4 aliphatic rings. The number of urea groups is 1. The molecule has 5 heteroatoms. The first-order valence-electron chi connectivity index (χ1n) is 8.25. The molecule has 0 saturated heterocycles. The Hall–Kier alpha value is -0.840. The molecule has 118 valence electrons. The summed E-state index contributed by atoms with van der Waals surface area (Å²) in [6.45, 7) is 4.05. The van der Waals surface area contributed by atoms with Crippen LogP contribution in [0.5, 0.6) is 0 Å². The van der Waals surface area contributed by atoms with Crippen LogP contribution in [0.15, 0.2) is 0 Å². The molecule has 0 aliphatic heterocycles. The van der Waals surface area contributed by atoms with Gasteiger partial charge in [-0.15, -0.1) is 0 Å². The van der Waals surface area contributed by atoms with Gasteiger partial charge in [0.2, 0.25) is 0 Å². The maximum atomic E-state index is 12.4. The van der Waals surface area contributed by atoms with E-state index in [2.05, 4.69) is 10.6 Å². The second-order valence-electron chi connectivity index (χ2n) is 7.92. The van der Waals surface area contributed by atoms with Gasteiger partial charge < -0.3 is 16.4 Å². The van der Waals surface area contributed by atoms with Gasteiger partial charge >= 0.3 is 6.03 Å². The van der Waals surface area contributed by atoms with Crippen molar-refractivity contribution in [1.29, 1.82) is 0 Å². The summed E-state index contributed by atoms with van der Waals surface area (Å²) < 4.78 is 0. The molecule has 0 aromatic carbocycles. The van der Waals surface area contributed by atoms with Crippen molar-refractivity contribution in [2.24, 2.45) is 29.4 Å². The van der Waals surface area contributed by atoms with Gasteiger partial charge in [0.05, 0.1) is 11.0 Å². The van der Waals surface area contributed by atoms with E-state index in [4.69, 9.17) is 18.0 Å². The van der Waals surface area contributed by atoms with Crippen molar-refractivity contribution >= 4 is 23.2 Å². The molecular weight excluding hydrogens is 282 g/mol. The minimum absolute atomic E-state index is 0.0383. The van der Waals surface area contributed by atoms with Crippen LogP contribution in [0.1, 0.15) is 52.4 Å². The summed E-state index contributed by atoms with van der Waals surface area (Å²) in [7, 11) is 0. The highest BCUT2D eigenvalue weighted by Crippen LogP contribution is 2.55. The Morgan fingerprint density at radius 1 is 1.14 bits per heavy atom. The molecule has 4 rings (SSSR count). The largest absolute Gasteiger partial charge is 0.392 e. The molecule has 1 unspecified atom stereocenters. The zero-order chi connectivity index (χ0) is 15.2. The molecule has 21 heavy (non-hydrogen) atoms. The molecule has 4 aliphatic carbocycles. The molecular formula is C16H27N3OS. The lowest BCUT2D eigenvalue weighted by molar-refractivity contribution is -0.0136. The number of amides is 2. The fourth-order valence-corrected chi connectivity index (χ4v) is 5.58. The number of carbonyl (C=O) groups is 1. The molecule has 4 nitrogen and oxygen atoms in total. The van der Waals surface area contributed by atoms with Crippen LogP contribution in [0.3, 0.4) is 0 Å². The summed E-state index contributed by atoms with van der Waals surface area (Å²) in [5, 5.41) is 6.27. The highest BCUT2D eigenvalue weighted by molar-refractivity contribution is 7.80. The second-order valence-corrected chi connectivity index (χ2v) is 8.39. The van der Waals surface area contributed by atoms with E-state index in [-0.39, 0.29) is 23.5 Å². The van der Waals surface area contributed by atoms with Crippen molar-refractivity contribution in [3.05, 3.63) is 0 Å². The maximum absolute atomic E-state index is 12.4. The Morgan fingerprint density at radius 2 is 1.62 bits per heavy atom. The molecule has 0 spiro atoms. The Kier molecular flexibility index (Phi) is 3.89. The van der Waals surface area contributed by atoms with E-state index in [1.807, 2.05) is 13.8 Å². The number of thiocarbonyl (C=S) groups is 1. The highest BCUT2D eigenvalue weighted by Gasteiger charge is 2.51. The average molecular weight is 309 g/mol. The van der Waals surface area contributed by atoms with E-state index in [9.17, 15) is 4.79 Å². The lowest BCUT2D eigenvalue weighted by Gasteiger charge is -2.56. The Labute approximate surface area is 132 Å². The third-order valence-corrected chi connectivity index (χ3v) is 5.93. The topological polar surface area (TPSA) is 67.2 Å². The van der Waals surface area contributed by atoms with Crippen molar-refractivity contribution in [3.8, 4) is 0 Å². The Morgan fingerprint density at radius 3 is 2.00 bits per heavy atom. The summed E-state index contributed by atoms with van der Waals surface area (Å²) in [5.74, 6) is 2.69. The summed E-state index contributed by atoms with van der Waals surface area (Å²) in [4.78, 5) is 12.8. The normalized spacial score (nSPS) is 38.3. The van der Waals surface area contributed by atoms with Gasteiger partial charge in [0.1, 0.15) is 0 Å². The van der Waals surface area contributed by atoms with E-state index in [0.29, 0.717) is 4.99 Å². The number of hydrogen-bond acceptors (Lipinski definition) is 2. The Bertz CT molecular complexity index is 414. The van der Waals surface area contributed by atoms with Gasteiger partial charge in [0.15, 0.2) is 0 Å². The van der Waals surface area contributed by atoms with Crippen molar-refractivity contribution in [2.75, 3.05) is 0 Å². The fourth-order valence-electron chi connectivity index (χ4n) is 5.25. The smallest absolute Gasteiger partial charge is 0.315 e. The zero-order valence-electron chi connectivity index (χ0n) is 13.0. The Balaban J connectivity index is 1.63. The van der Waals surface area contributed by atoms with E-state index >= 15 is 0 Å². The lowest BCUT2D eigenvalue weighted by atomic mass is 9.53. The van der Waals surface area contributed by atoms with Gasteiger partial charge in [-0.1, -0.05) is 26.1 Å². The van der Waals surface area contributed by atoms with Crippen LogP contribution in [0, 0.1) is 23.7 Å². The van der Waals surface area contributed by atoms with Crippen LogP contribution in [-0.2, 0) is 0 Å². The van der Waals surface area contributed by atoms with Gasteiger partial charge in [0.25, 0.3) is 0 Å². The van der Waals surface area contributed by atoms with Crippen molar-refractivity contribution < 1.29 is 4.79 Å². The summed E-state index contributed by atoms with van der Waals surface area (Å²) >= 11 is 5.06. The lowest BCUT2D eigenvalue weighted by Crippen LogP contribution is -2.63. The van der Waals surface area contributed by atoms with Crippen molar-refractivity contribution in [1.82, 2.24) is 10.6 Å². The molecule has 4 saturated carbocycles. The van der Waals surface area contributed by atoms with Crippen molar-refractivity contribution in [3.63, 3.8) is 0 Å². The predicted molar refractivity (Wildman–Crippen MR) is 88.0 cm³/mol. The SMILES string of the molecule is CC(C)C(NC(=O)NC12CC3CC(CC(C3)C1)C2)C(N)=S. The highest BCUT2D eigenvalue weighted by atomic mass is 32.1. The van der Waals surface area contributed by atoms with Crippen LogP contribution in [-0.4, -0.2) is 22.6 Å². The van der Waals surface area contributed by atoms with E-state index in [1.165, 1.54) is 19.3 Å². The summed E-state index contributed by atoms with van der Waals surface area (Å²) in [5.41, 5.74) is 5.77. The van der Waals surface area contributed by atoms with Crippen LogP contribution < -0.4 is 16.4 Å². The second kappa shape index (κ2) is 5.41. The predicted octanol–water partition coefficient (Wildman–Crippen LogP) is 2.57. The van der Waals surface area contributed by atoms with Gasteiger partial charge in [-0.25, -0.2) is 4.79 Å². The van der Waals surface area contributed by atoms with Crippen LogP contribution in [0.4, 0.5) is 4.79 Å². The number of nitrogens with one attached hydrogen (secondary N) is 2. The monoisotopic (exact) mass is 309 g/mol. The molecule has 4 bridgehead atoms. The molecule has 4 fully saturated rings. The van der Waals surface area contributed by atoms with E-state index in [1.54, 1.807) is 0 Å². The number of nitrogens with two attached hydrogens (primary N) is 1. The molecule has 0 aromatic rings. The van der Waals surface area contributed by atoms with Gasteiger partial charge in [0, 0.05) is 5.54 Å². The fraction of sp³-hybridized carbons (Fsp3) is 0.875. The molecule has 0 aromatic heterocycles. The van der Waals surface area contributed by atoms with Crippen LogP contribution in [0.2, 0.25) is 0 Å². The number of hydrogen-bond donors (Lipinski definition) is 3. The molecule has 4 N–H and O–H groups in total. The first kappa shape index (κ1) is 15.1. The molecule has 1 atom stereocenters. The third-order valence-electron chi connectivity index (χ3n) is 5.68. The minimum Gasteiger partial charge on any atom is -0.392 e. The standard InChI is InChI=1S/C16H27N3OS/c1-9(2)13(14(17)21)18-15(20)19-16-6-10-3-11(7-16)5-12(4-10)8-16/h9-13H,3-8H2,1-2H3,(H2,17,21)(H2,18,19,20). The minimum atomic E-state index is -0.228. The van der Waals surface area contributed by atoms with Gasteiger partial charge in [-0.05, 0) is 62.2 Å². The number of rotatable bonds is 4. The molecule has 0 radical (unpaired) electrons. The van der Waals surface area contributed by atoms with Gasteiger partial charge in [-0.2, -0.15) is 0 Å². The van der Waals surface area contributed by atoms with Crippen LogP contribution in [0.25, 0.3) is 0 Å². The molecule has 2 amide bonds. The van der Waals surface area contributed by atoms with E-state index < -0.39 is 0 Å². The third kappa shape index (κ3) is 3.03. The van der Waals surface area contributed by atoms with Crippen LogP contribution >= 0.6 is 12.2 Å². The first-order valence-corrected chi connectivity index (χ1v) is 8.66. The maximum Gasteiger partial charge on any atom is 0.315 e.